The maximum atomic E-state index is 5.11. The highest BCUT2D eigenvalue weighted by Gasteiger charge is 2.00. The molecule has 0 saturated carbocycles. The third-order valence-electron chi connectivity index (χ3n) is 3.18. The molecule has 1 aromatic heterocycles. The Morgan fingerprint density at radius 1 is 1.04 bits per heavy atom. The number of hydrogen-bond donors (Lipinski definition) is 2. The molecule has 0 aliphatic heterocycles. The van der Waals surface area contributed by atoms with Crippen LogP contribution >= 0.6 is 24.0 Å². The molecule has 0 unspecified atom stereocenters. The first-order valence-electron chi connectivity index (χ1n) is 7.23. The van der Waals surface area contributed by atoms with Crippen molar-refractivity contribution < 1.29 is 4.74 Å². The van der Waals surface area contributed by atoms with Gasteiger partial charge < -0.3 is 15.4 Å². The SMILES string of the molecule is CN=C(NCc1ccc(COC)cc1)NCc1ccccn1.I. The lowest BCUT2D eigenvalue weighted by atomic mass is 10.1. The predicted molar refractivity (Wildman–Crippen MR) is 104 cm³/mol. The number of ether oxygens (including phenoxy) is 1. The van der Waals surface area contributed by atoms with Crippen molar-refractivity contribution in [1.82, 2.24) is 15.6 Å². The van der Waals surface area contributed by atoms with Gasteiger partial charge in [-0.3, -0.25) is 9.98 Å². The van der Waals surface area contributed by atoms with Crippen LogP contribution in [0.2, 0.25) is 0 Å². The van der Waals surface area contributed by atoms with Gasteiger partial charge >= 0.3 is 0 Å². The first-order valence-corrected chi connectivity index (χ1v) is 7.23. The molecule has 0 bridgehead atoms. The average molecular weight is 426 g/mol. The first-order chi connectivity index (χ1) is 10.8. The van der Waals surface area contributed by atoms with Gasteiger partial charge in [0, 0.05) is 26.9 Å². The summed E-state index contributed by atoms with van der Waals surface area (Å²) in [4.78, 5) is 8.49. The number of pyridine rings is 1. The van der Waals surface area contributed by atoms with E-state index in [1.54, 1.807) is 20.4 Å². The van der Waals surface area contributed by atoms with E-state index in [0.29, 0.717) is 13.2 Å². The van der Waals surface area contributed by atoms with Crippen LogP contribution in [0.4, 0.5) is 0 Å². The second-order valence-electron chi connectivity index (χ2n) is 4.85. The predicted octanol–water partition coefficient (Wildman–Crippen LogP) is 2.71. The number of nitrogens with one attached hydrogen (secondary N) is 2. The van der Waals surface area contributed by atoms with Crippen molar-refractivity contribution in [3.05, 3.63) is 65.5 Å². The van der Waals surface area contributed by atoms with E-state index in [2.05, 4.69) is 44.9 Å². The number of rotatable bonds is 6. The van der Waals surface area contributed by atoms with Crippen molar-refractivity contribution >= 4 is 29.9 Å². The second kappa shape index (κ2) is 11.0. The van der Waals surface area contributed by atoms with Gasteiger partial charge in [-0.1, -0.05) is 30.3 Å². The fraction of sp³-hybridized carbons (Fsp3) is 0.294. The van der Waals surface area contributed by atoms with Crippen molar-refractivity contribution in [3.63, 3.8) is 0 Å². The number of nitrogens with zero attached hydrogens (tertiary/aromatic N) is 2. The minimum absolute atomic E-state index is 0. The number of hydrogen-bond acceptors (Lipinski definition) is 3. The molecule has 2 aromatic rings. The van der Waals surface area contributed by atoms with E-state index in [0.717, 1.165) is 18.2 Å². The molecule has 23 heavy (non-hydrogen) atoms. The number of aliphatic imine (C=N–C) groups is 1. The molecule has 0 fully saturated rings. The Labute approximate surface area is 154 Å². The Morgan fingerprint density at radius 3 is 2.35 bits per heavy atom. The summed E-state index contributed by atoms with van der Waals surface area (Å²) in [5, 5.41) is 6.53. The van der Waals surface area contributed by atoms with Crippen LogP contribution in [0.5, 0.6) is 0 Å². The van der Waals surface area contributed by atoms with Crippen molar-refractivity contribution in [2.45, 2.75) is 19.7 Å². The summed E-state index contributed by atoms with van der Waals surface area (Å²) in [5.74, 6) is 0.756. The van der Waals surface area contributed by atoms with Crippen LogP contribution < -0.4 is 10.6 Å². The summed E-state index contributed by atoms with van der Waals surface area (Å²) in [6, 6.07) is 14.2. The Morgan fingerprint density at radius 2 is 1.74 bits per heavy atom. The molecule has 0 atom stereocenters. The maximum Gasteiger partial charge on any atom is 0.191 e. The van der Waals surface area contributed by atoms with E-state index in [1.165, 1.54) is 11.1 Å². The first kappa shape index (κ1) is 19.4. The third-order valence-corrected chi connectivity index (χ3v) is 3.18. The van der Waals surface area contributed by atoms with Crippen LogP contribution in [0.15, 0.2) is 53.7 Å². The lowest BCUT2D eigenvalue weighted by Gasteiger charge is -2.12. The molecule has 124 valence electrons. The van der Waals surface area contributed by atoms with Gasteiger partial charge in [0.05, 0.1) is 18.8 Å². The molecule has 0 amide bonds. The topological polar surface area (TPSA) is 58.5 Å². The fourth-order valence-electron chi connectivity index (χ4n) is 2.00. The van der Waals surface area contributed by atoms with Gasteiger partial charge in [-0.05, 0) is 23.3 Å². The molecule has 1 heterocycles. The van der Waals surface area contributed by atoms with Gasteiger partial charge in [0.2, 0.25) is 0 Å². The Bertz CT molecular complexity index is 587. The number of guanidine groups is 1. The zero-order chi connectivity index (χ0) is 15.6. The number of halogens is 1. The highest BCUT2D eigenvalue weighted by Crippen LogP contribution is 2.05. The Hall–Kier alpha value is -1.67. The molecule has 2 rings (SSSR count). The van der Waals surface area contributed by atoms with Crippen LogP contribution in [-0.2, 0) is 24.4 Å². The summed E-state index contributed by atoms with van der Waals surface area (Å²) in [5.41, 5.74) is 3.35. The standard InChI is InChI=1S/C17H22N4O.HI/c1-18-17(21-12-16-5-3-4-10-19-16)20-11-14-6-8-15(9-7-14)13-22-2;/h3-10H,11-13H2,1-2H3,(H2,18,20,21);1H. The van der Waals surface area contributed by atoms with Crippen LogP contribution in [0.25, 0.3) is 0 Å². The quantitative estimate of drug-likeness (QED) is 0.424. The Balaban J connectivity index is 0.00000264. The highest BCUT2D eigenvalue weighted by atomic mass is 127. The van der Waals surface area contributed by atoms with Crippen molar-refractivity contribution in [2.24, 2.45) is 4.99 Å². The number of methoxy groups -OCH3 is 1. The van der Waals surface area contributed by atoms with Crippen molar-refractivity contribution in [1.29, 1.82) is 0 Å². The van der Waals surface area contributed by atoms with Crippen LogP contribution in [0, 0.1) is 0 Å². The van der Waals surface area contributed by atoms with E-state index in [-0.39, 0.29) is 24.0 Å². The van der Waals surface area contributed by atoms with Crippen LogP contribution in [0.1, 0.15) is 16.8 Å². The average Bonchev–Trinajstić information content (AvgIpc) is 2.57. The van der Waals surface area contributed by atoms with Gasteiger partial charge in [0.15, 0.2) is 5.96 Å². The minimum atomic E-state index is 0. The van der Waals surface area contributed by atoms with E-state index in [4.69, 9.17) is 4.74 Å². The summed E-state index contributed by atoms with van der Waals surface area (Å²) in [6.07, 6.45) is 1.79. The van der Waals surface area contributed by atoms with Crippen LogP contribution in [-0.4, -0.2) is 25.1 Å². The summed E-state index contributed by atoms with van der Waals surface area (Å²) < 4.78 is 5.11. The molecule has 0 spiro atoms. The Kier molecular flexibility index (Phi) is 9.23. The number of aromatic nitrogens is 1. The van der Waals surface area contributed by atoms with Gasteiger partial charge in [-0.15, -0.1) is 24.0 Å². The lowest BCUT2D eigenvalue weighted by molar-refractivity contribution is 0.185. The van der Waals surface area contributed by atoms with E-state index >= 15 is 0 Å². The van der Waals surface area contributed by atoms with Gasteiger partial charge in [-0.25, -0.2) is 0 Å². The molecule has 6 heteroatoms. The smallest absolute Gasteiger partial charge is 0.191 e. The molecule has 0 aliphatic rings. The fourth-order valence-corrected chi connectivity index (χ4v) is 2.00. The molecule has 0 saturated heterocycles. The molecule has 5 nitrogen and oxygen atoms in total. The largest absolute Gasteiger partial charge is 0.380 e. The molecular formula is C17H23IN4O. The van der Waals surface area contributed by atoms with E-state index in [1.807, 2.05) is 18.2 Å². The summed E-state index contributed by atoms with van der Waals surface area (Å²) in [7, 11) is 3.46. The zero-order valence-corrected chi connectivity index (χ0v) is 15.8. The highest BCUT2D eigenvalue weighted by molar-refractivity contribution is 14.0. The molecule has 0 radical (unpaired) electrons. The normalized spacial score (nSPS) is 10.8. The van der Waals surface area contributed by atoms with Gasteiger partial charge in [0.25, 0.3) is 0 Å². The van der Waals surface area contributed by atoms with Gasteiger partial charge in [-0.2, -0.15) is 0 Å². The monoisotopic (exact) mass is 426 g/mol. The summed E-state index contributed by atoms with van der Waals surface area (Å²) >= 11 is 0. The van der Waals surface area contributed by atoms with Crippen molar-refractivity contribution in [2.75, 3.05) is 14.2 Å². The zero-order valence-electron chi connectivity index (χ0n) is 13.5. The second-order valence-corrected chi connectivity index (χ2v) is 4.85. The molecule has 2 N–H and O–H groups in total. The maximum absolute atomic E-state index is 5.11. The van der Waals surface area contributed by atoms with Crippen LogP contribution in [0.3, 0.4) is 0 Å². The lowest BCUT2D eigenvalue weighted by Crippen LogP contribution is -2.36. The third kappa shape index (κ3) is 6.96. The minimum Gasteiger partial charge on any atom is -0.380 e. The van der Waals surface area contributed by atoms with E-state index < -0.39 is 0 Å². The molecule has 0 aliphatic carbocycles. The molecule has 1 aromatic carbocycles. The van der Waals surface area contributed by atoms with Crippen molar-refractivity contribution in [3.8, 4) is 0 Å². The molecular weight excluding hydrogens is 403 g/mol. The summed E-state index contributed by atoms with van der Waals surface area (Å²) in [6.45, 7) is 2.00. The van der Waals surface area contributed by atoms with Gasteiger partial charge in [0.1, 0.15) is 0 Å². The van der Waals surface area contributed by atoms with E-state index in [9.17, 15) is 0 Å². The number of benzene rings is 1.